The van der Waals surface area contributed by atoms with Crippen molar-refractivity contribution >= 4 is 23.2 Å². The van der Waals surface area contributed by atoms with Crippen LogP contribution in [0.5, 0.6) is 5.75 Å². The number of hydrogen-bond donors (Lipinski definition) is 1. The first-order chi connectivity index (χ1) is 13.7. The average molecular weight is 414 g/mol. The van der Waals surface area contributed by atoms with Crippen LogP contribution in [0.2, 0.25) is 10.0 Å². The maximum atomic E-state index is 6.25. The van der Waals surface area contributed by atoms with Crippen LogP contribution in [0, 0.1) is 0 Å². The molecule has 0 aliphatic rings. The number of halogens is 2. The lowest BCUT2D eigenvalue weighted by atomic mass is 10.0. The summed E-state index contributed by atoms with van der Waals surface area (Å²) in [6.07, 6.45) is 2.19. The van der Waals surface area contributed by atoms with Gasteiger partial charge in [-0.05, 0) is 47.9 Å². The van der Waals surface area contributed by atoms with Crippen LogP contribution >= 0.6 is 23.2 Å². The SMILES string of the molecule is CCCC(NCc1cc(Cl)ccc1OCc1ccc(Cl)cc1)c1ccccc1. The van der Waals surface area contributed by atoms with Crippen molar-refractivity contribution in [3.05, 3.63) is 99.5 Å². The van der Waals surface area contributed by atoms with Crippen molar-refractivity contribution in [2.24, 2.45) is 0 Å². The Labute approximate surface area is 177 Å². The number of hydrogen-bond acceptors (Lipinski definition) is 2. The van der Waals surface area contributed by atoms with E-state index in [-0.39, 0.29) is 0 Å². The fourth-order valence-corrected chi connectivity index (χ4v) is 3.48. The van der Waals surface area contributed by atoms with Gasteiger partial charge in [0.1, 0.15) is 12.4 Å². The minimum absolute atomic E-state index is 0.300. The van der Waals surface area contributed by atoms with Crippen molar-refractivity contribution in [3.63, 3.8) is 0 Å². The van der Waals surface area contributed by atoms with Crippen LogP contribution in [0.4, 0.5) is 0 Å². The zero-order valence-electron chi connectivity index (χ0n) is 16.0. The molecule has 1 atom stereocenters. The van der Waals surface area contributed by atoms with Gasteiger partial charge in [0.25, 0.3) is 0 Å². The quantitative estimate of drug-likeness (QED) is 0.400. The Balaban J connectivity index is 1.70. The van der Waals surface area contributed by atoms with Crippen molar-refractivity contribution in [2.45, 2.75) is 39.0 Å². The first-order valence-corrected chi connectivity index (χ1v) is 10.4. The summed E-state index contributed by atoms with van der Waals surface area (Å²) in [5.74, 6) is 0.843. The molecule has 3 rings (SSSR count). The molecule has 0 fully saturated rings. The summed E-state index contributed by atoms with van der Waals surface area (Å²) in [4.78, 5) is 0. The van der Waals surface area contributed by atoms with E-state index in [0.29, 0.717) is 24.2 Å². The molecule has 0 saturated heterocycles. The molecule has 0 amide bonds. The van der Waals surface area contributed by atoms with Gasteiger partial charge in [0.2, 0.25) is 0 Å². The molecule has 0 radical (unpaired) electrons. The standard InChI is InChI=1S/C24H25Cl2NO/c1-2-6-23(19-7-4-3-5-8-19)27-16-20-15-22(26)13-14-24(20)28-17-18-9-11-21(25)12-10-18/h3-5,7-15,23,27H,2,6,16-17H2,1H3. The van der Waals surface area contributed by atoms with Crippen molar-refractivity contribution < 1.29 is 4.74 Å². The minimum atomic E-state index is 0.300. The summed E-state index contributed by atoms with van der Waals surface area (Å²) >= 11 is 12.2. The van der Waals surface area contributed by atoms with E-state index in [1.165, 1.54) is 5.56 Å². The van der Waals surface area contributed by atoms with Crippen molar-refractivity contribution in [1.82, 2.24) is 5.32 Å². The molecule has 0 spiro atoms. The number of ether oxygens (including phenoxy) is 1. The molecule has 1 N–H and O–H groups in total. The van der Waals surface area contributed by atoms with Crippen molar-refractivity contribution in [1.29, 1.82) is 0 Å². The maximum absolute atomic E-state index is 6.25. The van der Waals surface area contributed by atoms with E-state index >= 15 is 0 Å². The first-order valence-electron chi connectivity index (χ1n) is 9.59. The zero-order valence-corrected chi connectivity index (χ0v) is 17.5. The Bertz CT molecular complexity index is 866. The highest BCUT2D eigenvalue weighted by Crippen LogP contribution is 2.26. The third kappa shape index (κ3) is 6.00. The summed E-state index contributed by atoms with van der Waals surface area (Å²) in [7, 11) is 0. The van der Waals surface area contributed by atoms with E-state index < -0.39 is 0 Å². The lowest BCUT2D eigenvalue weighted by molar-refractivity contribution is 0.301. The van der Waals surface area contributed by atoms with Crippen molar-refractivity contribution in [3.8, 4) is 5.75 Å². The van der Waals surface area contributed by atoms with Crippen molar-refractivity contribution in [2.75, 3.05) is 0 Å². The summed E-state index contributed by atoms with van der Waals surface area (Å²) < 4.78 is 6.07. The Kier molecular flexibility index (Phi) is 7.79. The highest BCUT2D eigenvalue weighted by atomic mass is 35.5. The summed E-state index contributed by atoms with van der Waals surface area (Å²) in [6.45, 7) is 3.39. The molecule has 2 nitrogen and oxygen atoms in total. The van der Waals surface area contributed by atoms with Gasteiger partial charge in [-0.15, -0.1) is 0 Å². The second-order valence-electron chi connectivity index (χ2n) is 6.80. The van der Waals surface area contributed by atoms with E-state index in [1.807, 2.05) is 48.5 Å². The fourth-order valence-electron chi connectivity index (χ4n) is 3.16. The lowest BCUT2D eigenvalue weighted by Crippen LogP contribution is -2.21. The van der Waals surface area contributed by atoms with E-state index in [1.54, 1.807) is 0 Å². The second-order valence-corrected chi connectivity index (χ2v) is 7.67. The second kappa shape index (κ2) is 10.5. The number of benzene rings is 3. The van der Waals surface area contributed by atoms with Gasteiger partial charge in [-0.2, -0.15) is 0 Å². The number of nitrogens with one attached hydrogen (secondary N) is 1. The van der Waals surface area contributed by atoms with Gasteiger partial charge in [-0.3, -0.25) is 0 Å². The normalized spacial score (nSPS) is 12.0. The van der Waals surface area contributed by atoms with Gasteiger partial charge >= 0.3 is 0 Å². The highest BCUT2D eigenvalue weighted by molar-refractivity contribution is 6.30. The predicted molar refractivity (Wildman–Crippen MR) is 118 cm³/mol. The topological polar surface area (TPSA) is 21.3 Å². The molecule has 0 aromatic heterocycles. The Morgan fingerprint density at radius 2 is 1.61 bits per heavy atom. The van der Waals surface area contributed by atoms with Crippen LogP contribution in [0.1, 0.15) is 42.5 Å². The van der Waals surface area contributed by atoms with Gasteiger partial charge in [0.05, 0.1) is 0 Å². The van der Waals surface area contributed by atoms with E-state index in [9.17, 15) is 0 Å². The fraction of sp³-hybridized carbons (Fsp3) is 0.250. The Morgan fingerprint density at radius 1 is 0.893 bits per heavy atom. The van der Waals surface area contributed by atoms with Gasteiger partial charge < -0.3 is 10.1 Å². The third-order valence-corrected chi connectivity index (χ3v) is 5.14. The molecule has 0 heterocycles. The molecule has 146 valence electrons. The summed E-state index contributed by atoms with van der Waals surface area (Å²) in [6, 6.07) is 24.3. The highest BCUT2D eigenvalue weighted by Gasteiger charge is 2.12. The lowest BCUT2D eigenvalue weighted by Gasteiger charge is -2.20. The largest absolute Gasteiger partial charge is 0.489 e. The first kappa shape index (κ1) is 20.7. The van der Waals surface area contributed by atoms with Gasteiger partial charge in [0, 0.05) is 28.2 Å². The van der Waals surface area contributed by atoms with Crippen LogP contribution in [-0.2, 0) is 13.2 Å². The van der Waals surface area contributed by atoms with Crippen LogP contribution in [-0.4, -0.2) is 0 Å². The van der Waals surface area contributed by atoms with Crippen LogP contribution in [0.3, 0.4) is 0 Å². The van der Waals surface area contributed by atoms with Gasteiger partial charge in [-0.1, -0.05) is 79.0 Å². The van der Waals surface area contributed by atoms with Gasteiger partial charge in [-0.25, -0.2) is 0 Å². The minimum Gasteiger partial charge on any atom is -0.489 e. The molecular weight excluding hydrogens is 389 g/mol. The number of rotatable bonds is 9. The molecule has 3 aromatic carbocycles. The molecule has 4 heteroatoms. The summed E-state index contributed by atoms with van der Waals surface area (Å²) in [5, 5.41) is 5.11. The predicted octanol–water partition coefficient (Wildman–Crippen LogP) is 7.20. The maximum Gasteiger partial charge on any atom is 0.124 e. The molecular formula is C24H25Cl2NO. The van der Waals surface area contributed by atoms with Crippen LogP contribution in [0.15, 0.2) is 72.8 Å². The molecule has 0 bridgehead atoms. The van der Waals surface area contributed by atoms with E-state index in [4.69, 9.17) is 27.9 Å². The molecule has 0 saturated carbocycles. The molecule has 0 aliphatic heterocycles. The smallest absolute Gasteiger partial charge is 0.124 e. The molecule has 28 heavy (non-hydrogen) atoms. The molecule has 3 aromatic rings. The van der Waals surface area contributed by atoms with E-state index in [2.05, 4.69) is 36.5 Å². The third-order valence-electron chi connectivity index (χ3n) is 4.65. The Hall–Kier alpha value is -2.00. The average Bonchev–Trinajstić information content (AvgIpc) is 2.72. The molecule has 0 aliphatic carbocycles. The van der Waals surface area contributed by atoms with Gasteiger partial charge in [0.15, 0.2) is 0 Å². The zero-order chi connectivity index (χ0) is 19.8. The molecule has 1 unspecified atom stereocenters. The summed E-state index contributed by atoms with van der Waals surface area (Å²) in [5.41, 5.74) is 3.43. The van der Waals surface area contributed by atoms with E-state index in [0.717, 1.165) is 34.7 Å². The van der Waals surface area contributed by atoms with Crippen LogP contribution in [0.25, 0.3) is 0 Å². The van der Waals surface area contributed by atoms with Crippen LogP contribution < -0.4 is 10.1 Å². The monoisotopic (exact) mass is 413 g/mol. The Morgan fingerprint density at radius 3 is 2.32 bits per heavy atom.